The summed E-state index contributed by atoms with van der Waals surface area (Å²) in [5.41, 5.74) is 13.3. The number of hydrogen-bond acceptors (Lipinski definition) is 0. The van der Waals surface area contributed by atoms with Crippen LogP contribution in [0.1, 0.15) is 62.8 Å². The van der Waals surface area contributed by atoms with Gasteiger partial charge in [-0.25, -0.2) is 0 Å². The molecule has 0 spiro atoms. The SMILES string of the molecule is CCc1cc(C)c2c(c1)=[C]([Zr]=[C](c1ccccc1)c1ccccc1)C1=C(C3=CC=CC3)C(C)(CC)C(C)=CC=21. The van der Waals surface area contributed by atoms with Gasteiger partial charge in [-0.1, -0.05) is 0 Å². The van der Waals surface area contributed by atoms with E-state index in [4.69, 9.17) is 0 Å². The van der Waals surface area contributed by atoms with Gasteiger partial charge in [0, 0.05) is 0 Å². The number of benzene rings is 3. The number of hydrogen-bond donors (Lipinski definition) is 0. The molecule has 1 heteroatoms. The second-order valence-corrected chi connectivity index (χ2v) is 14.4. The van der Waals surface area contributed by atoms with Crippen LogP contribution >= 0.6 is 0 Å². The fourth-order valence-electron chi connectivity index (χ4n) is 6.65. The van der Waals surface area contributed by atoms with Gasteiger partial charge in [0.15, 0.2) is 0 Å². The van der Waals surface area contributed by atoms with E-state index in [1.165, 1.54) is 49.4 Å². The van der Waals surface area contributed by atoms with Crippen molar-refractivity contribution in [1.29, 1.82) is 0 Å². The third kappa shape index (κ3) is 4.44. The monoisotopic (exact) mass is 583 g/mol. The fraction of sp³-hybridized carbons (Fsp3) is 0.237. The van der Waals surface area contributed by atoms with E-state index in [-0.39, 0.29) is 5.41 Å². The Morgan fingerprint density at radius 3 is 2.13 bits per heavy atom. The number of aryl methyl sites for hydroxylation is 2. The van der Waals surface area contributed by atoms with Crippen LogP contribution in [0.3, 0.4) is 0 Å². The van der Waals surface area contributed by atoms with E-state index in [1.54, 1.807) is 17.6 Å². The molecule has 3 aromatic carbocycles. The number of rotatable bonds is 6. The maximum absolute atomic E-state index is 2.56. The second-order valence-electron chi connectivity index (χ2n) is 11.3. The first-order chi connectivity index (χ1) is 19.0. The molecular formula is C38H37Zr. The zero-order valence-electron chi connectivity index (χ0n) is 23.9. The van der Waals surface area contributed by atoms with Crippen LogP contribution in [-0.2, 0) is 29.2 Å². The Bertz CT molecular complexity index is 1700. The number of fused-ring (bicyclic) bond motifs is 2. The maximum atomic E-state index is 2.56. The molecule has 193 valence electrons. The van der Waals surface area contributed by atoms with E-state index in [9.17, 15) is 0 Å². The van der Waals surface area contributed by atoms with Crippen molar-refractivity contribution in [1.82, 2.24) is 0 Å². The van der Waals surface area contributed by atoms with Crippen molar-refractivity contribution in [3.05, 3.63) is 152 Å². The summed E-state index contributed by atoms with van der Waals surface area (Å²) in [5, 5.41) is 3.00. The van der Waals surface area contributed by atoms with Crippen LogP contribution in [0, 0.1) is 12.3 Å². The van der Waals surface area contributed by atoms with Crippen LogP contribution in [0.15, 0.2) is 119 Å². The third-order valence-corrected chi connectivity index (χ3v) is 13.0. The first-order valence-electron chi connectivity index (χ1n) is 14.4. The molecule has 1 atom stereocenters. The molecule has 0 aromatic heterocycles. The molecule has 39 heavy (non-hydrogen) atoms. The molecule has 0 bridgehead atoms. The van der Waals surface area contributed by atoms with Gasteiger partial charge in [0.05, 0.1) is 0 Å². The van der Waals surface area contributed by atoms with E-state index < -0.39 is 22.8 Å². The van der Waals surface area contributed by atoms with Gasteiger partial charge in [0.25, 0.3) is 0 Å². The average Bonchev–Trinajstić information content (AvgIpc) is 3.60. The van der Waals surface area contributed by atoms with E-state index in [2.05, 4.69) is 132 Å². The molecule has 0 saturated heterocycles. The van der Waals surface area contributed by atoms with Gasteiger partial charge in [0.2, 0.25) is 0 Å². The Morgan fingerprint density at radius 1 is 0.897 bits per heavy atom. The molecule has 0 nitrogen and oxygen atoms in total. The van der Waals surface area contributed by atoms with Gasteiger partial charge < -0.3 is 0 Å². The van der Waals surface area contributed by atoms with Gasteiger partial charge in [-0.2, -0.15) is 0 Å². The van der Waals surface area contributed by atoms with Crippen LogP contribution in [0.4, 0.5) is 0 Å². The molecule has 0 heterocycles. The second kappa shape index (κ2) is 10.6. The summed E-state index contributed by atoms with van der Waals surface area (Å²) in [6.45, 7) is 11.9. The van der Waals surface area contributed by atoms with E-state index >= 15 is 0 Å². The Morgan fingerprint density at radius 2 is 1.56 bits per heavy atom. The Balaban J connectivity index is 1.79. The summed E-state index contributed by atoms with van der Waals surface area (Å²) >= 11 is -1.26. The minimum absolute atomic E-state index is 0.0462. The summed E-state index contributed by atoms with van der Waals surface area (Å²) in [5.74, 6) is 0. The molecule has 3 aromatic rings. The normalized spacial score (nSPS) is 19.5. The zero-order valence-corrected chi connectivity index (χ0v) is 26.3. The molecule has 3 aliphatic rings. The minimum atomic E-state index is -1.26. The summed E-state index contributed by atoms with van der Waals surface area (Å²) in [4.78, 5) is 0. The number of allylic oxidation sites excluding steroid dienone is 8. The van der Waals surface area contributed by atoms with Gasteiger partial charge >= 0.3 is 246 Å². The molecular weight excluding hydrogens is 548 g/mol. The standard InChI is InChI=1S/C25H27.C13H10.Zr/c1-6-18-12-16(3)23-20(14-18)15-22-21(23)13-17(4)25(5,7-2)24(22)19-10-8-9-11-19;1-3-7-12(8-4-1)11-13-9-5-2-6-10-13;/h8-10,12-14H,6-7,11H2,1-5H3;1-10H;. The van der Waals surface area contributed by atoms with Crippen molar-refractivity contribution in [2.75, 3.05) is 0 Å². The topological polar surface area (TPSA) is 0 Å². The first-order valence-corrected chi connectivity index (χ1v) is 16.8. The van der Waals surface area contributed by atoms with Crippen molar-refractivity contribution in [3.8, 4) is 0 Å². The van der Waals surface area contributed by atoms with E-state index in [0.29, 0.717) is 0 Å². The predicted octanol–water partition coefficient (Wildman–Crippen LogP) is 7.74. The van der Waals surface area contributed by atoms with Crippen molar-refractivity contribution >= 4 is 12.1 Å². The van der Waals surface area contributed by atoms with Gasteiger partial charge in [0.1, 0.15) is 0 Å². The van der Waals surface area contributed by atoms with Crippen LogP contribution in [0.2, 0.25) is 0 Å². The van der Waals surface area contributed by atoms with Gasteiger partial charge in [-0.05, 0) is 0 Å². The Hall–Kier alpha value is -2.89. The molecule has 0 fully saturated rings. The zero-order chi connectivity index (χ0) is 27.1. The molecule has 0 amide bonds. The summed E-state index contributed by atoms with van der Waals surface area (Å²) < 4.78 is 3.23. The third-order valence-electron chi connectivity index (χ3n) is 9.07. The molecule has 0 saturated carbocycles. The molecule has 0 N–H and O–H groups in total. The van der Waals surface area contributed by atoms with E-state index in [0.717, 1.165) is 19.3 Å². The van der Waals surface area contributed by atoms with Crippen molar-refractivity contribution in [2.24, 2.45) is 5.41 Å². The molecule has 3 aliphatic carbocycles. The van der Waals surface area contributed by atoms with Crippen molar-refractivity contribution in [2.45, 2.75) is 53.9 Å². The van der Waals surface area contributed by atoms with Crippen LogP contribution < -0.4 is 10.4 Å². The fourth-order valence-corrected chi connectivity index (χ4v) is 10.6. The molecule has 0 radical (unpaired) electrons. The van der Waals surface area contributed by atoms with Gasteiger partial charge in [-0.3, -0.25) is 0 Å². The summed E-state index contributed by atoms with van der Waals surface area (Å²) in [6.07, 6.45) is 12.8. The Labute approximate surface area is 244 Å². The predicted molar refractivity (Wildman–Crippen MR) is 164 cm³/mol. The van der Waals surface area contributed by atoms with Gasteiger partial charge in [-0.15, -0.1) is 0 Å². The average molecular weight is 585 g/mol. The molecule has 0 aliphatic heterocycles. The van der Waals surface area contributed by atoms with Crippen LogP contribution in [-0.4, -0.2) is 3.21 Å². The van der Waals surface area contributed by atoms with Crippen LogP contribution in [0.25, 0.3) is 8.85 Å². The Kier molecular flexibility index (Phi) is 7.15. The molecule has 6 rings (SSSR count). The first kappa shape index (κ1) is 26.3. The van der Waals surface area contributed by atoms with Crippen molar-refractivity contribution < 1.29 is 22.8 Å². The quantitative estimate of drug-likeness (QED) is 0.278. The van der Waals surface area contributed by atoms with Crippen molar-refractivity contribution in [3.63, 3.8) is 0 Å². The van der Waals surface area contributed by atoms with Crippen LogP contribution in [0.5, 0.6) is 0 Å². The summed E-state index contributed by atoms with van der Waals surface area (Å²) in [6, 6.07) is 27.3. The molecule has 1 unspecified atom stereocenters. The van der Waals surface area contributed by atoms with E-state index in [1.807, 2.05) is 0 Å². The summed E-state index contributed by atoms with van der Waals surface area (Å²) in [7, 11) is 0.